The van der Waals surface area contributed by atoms with E-state index in [9.17, 15) is 21.4 Å². The molecule has 0 aliphatic carbocycles. The molecule has 3 aromatic rings. The lowest BCUT2D eigenvalue weighted by atomic mass is 10.0. The molecule has 2 heterocycles. The zero-order valence-electron chi connectivity index (χ0n) is 19.4. The molecule has 35 heavy (non-hydrogen) atoms. The number of anilines is 1. The highest BCUT2D eigenvalue weighted by atomic mass is 32.2. The summed E-state index contributed by atoms with van der Waals surface area (Å²) in [5.41, 5.74) is 2.49. The van der Waals surface area contributed by atoms with Gasteiger partial charge in [0.05, 0.1) is 11.5 Å². The molecule has 1 aliphatic rings. The Balaban J connectivity index is 1.40. The second kappa shape index (κ2) is 9.74. The van der Waals surface area contributed by atoms with Crippen LogP contribution >= 0.6 is 0 Å². The molecule has 4 rings (SSSR count). The SMILES string of the molecule is CCOc1c(S(=O)(=O)O)ccc(CN2CCC(Nc3nc4cc(S(N)(=O)=O)ccc4o3)CC2)c1C. The van der Waals surface area contributed by atoms with Gasteiger partial charge in [-0.1, -0.05) is 6.07 Å². The Morgan fingerprint density at radius 2 is 1.91 bits per heavy atom. The monoisotopic (exact) mass is 524 g/mol. The number of piperidine rings is 1. The van der Waals surface area contributed by atoms with Gasteiger partial charge in [0.15, 0.2) is 5.58 Å². The van der Waals surface area contributed by atoms with Crippen molar-refractivity contribution in [3.8, 4) is 5.75 Å². The summed E-state index contributed by atoms with van der Waals surface area (Å²) in [6.45, 7) is 6.02. The number of hydrogen-bond acceptors (Lipinski definition) is 9. The summed E-state index contributed by atoms with van der Waals surface area (Å²) in [7, 11) is -8.20. The minimum Gasteiger partial charge on any atom is -0.492 e. The molecule has 11 nitrogen and oxygen atoms in total. The molecule has 0 radical (unpaired) electrons. The minimum absolute atomic E-state index is 0.0226. The summed E-state index contributed by atoms with van der Waals surface area (Å²) in [5.74, 6) is 0.186. The van der Waals surface area contributed by atoms with E-state index in [1.807, 2.05) is 0 Å². The lowest BCUT2D eigenvalue weighted by Gasteiger charge is -2.32. The second-order valence-electron chi connectivity index (χ2n) is 8.47. The Bertz CT molecular complexity index is 1440. The molecule has 13 heteroatoms. The third kappa shape index (κ3) is 5.76. The molecule has 0 unspecified atom stereocenters. The summed E-state index contributed by atoms with van der Waals surface area (Å²) in [6, 6.07) is 7.83. The molecule has 0 saturated carbocycles. The molecule has 1 saturated heterocycles. The third-order valence-electron chi connectivity index (χ3n) is 6.05. The third-order valence-corrected chi connectivity index (χ3v) is 7.83. The number of fused-ring (bicyclic) bond motifs is 1. The Kier molecular flexibility index (Phi) is 7.06. The molecule has 0 bridgehead atoms. The highest BCUT2D eigenvalue weighted by Gasteiger charge is 2.24. The normalized spacial score (nSPS) is 16.0. The van der Waals surface area contributed by atoms with Crippen molar-refractivity contribution in [1.29, 1.82) is 0 Å². The number of sulfonamides is 1. The maximum atomic E-state index is 11.7. The Hall–Kier alpha value is -2.71. The average molecular weight is 525 g/mol. The van der Waals surface area contributed by atoms with Crippen LogP contribution in [0.15, 0.2) is 44.5 Å². The molecular weight excluding hydrogens is 496 g/mol. The number of ether oxygens (including phenoxy) is 1. The number of nitrogens with two attached hydrogens (primary N) is 1. The summed E-state index contributed by atoms with van der Waals surface area (Å²) < 4.78 is 67.2. The van der Waals surface area contributed by atoms with Gasteiger partial charge in [0.2, 0.25) is 10.0 Å². The fourth-order valence-electron chi connectivity index (χ4n) is 4.20. The fourth-order valence-corrected chi connectivity index (χ4v) is 5.42. The zero-order chi connectivity index (χ0) is 25.4. The highest BCUT2D eigenvalue weighted by Crippen LogP contribution is 2.32. The summed E-state index contributed by atoms with van der Waals surface area (Å²) in [4.78, 5) is 6.35. The van der Waals surface area contributed by atoms with Gasteiger partial charge < -0.3 is 14.5 Å². The zero-order valence-corrected chi connectivity index (χ0v) is 21.0. The lowest BCUT2D eigenvalue weighted by Crippen LogP contribution is -2.38. The number of nitrogens with one attached hydrogen (secondary N) is 1. The first-order chi connectivity index (χ1) is 16.5. The molecular formula is C22H28N4O7S2. The van der Waals surface area contributed by atoms with Crippen LogP contribution in [0.1, 0.15) is 30.9 Å². The van der Waals surface area contributed by atoms with Gasteiger partial charge in [-0.2, -0.15) is 13.4 Å². The van der Waals surface area contributed by atoms with Crippen LogP contribution in [0.25, 0.3) is 11.1 Å². The summed E-state index contributed by atoms with van der Waals surface area (Å²) in [5, 5.41) is 8.45. The van der Waals surface area contributed by atoms with Crippen LogP contribution < -0.4 is 15.2 Å². The van der Waals surface area contributed by atoms with Crippen molar-refractivity contribution in [3.63, 3.8) is 0 Å². The fraction of sp³-hybridized carbons (Fsp3) is 0.409. The first kappa shape index (κ1) is 25.4. The largest absolute Gasteiger partial charge is 0.492 e. The Morgan fingerprint density at radius 1 is 1.20 bits per heavy atom. The van der Waals surface area contributed by atoms with Crippen LogP contribution in [0.4, 0.5) is 6.01 Å². The molecule has 1 fully saturated rings. The van der Waals surface area contributed by atoms with E-state index in [4.69, 9.17) is 14.3 Å². The Morgan fingerprint density at radius 3 is 2.54 bits per heavy atom. The van der Waals surface area contributed by atoms with Crippen molar-refractivity contribution in [2.45, 2.75) is 49.1 Å². The van der Waals surface area contributed by atoms with Gasteiger partial charge in [-0.3, -0.25) is 9.45 Å². The van der Waals surface area contributed by atoms with Gasteiger partial charge in [0.25, 0.3) is 16.1 Å². The first-order valence-electron chi connectivity index (χ1n) is 11.1. The summed E-state index contributed by atoms with van der Waals surface area (Å²) in [6.07, 6.45) is 1.64. The van der Waals surface area contributed by atoms with Crippen molar-refractivity contribution in [3.05, 3.63) is 41.5 Å². The molecule has 1 aromatic heterocycles. The van der Waals surface area contributed by atoms with Crippen molar-refractivity contribution >= 4 is 37.3 Å². The van der Waals surface area contributed by atoms with Crippen LogP contribution in [0.3, 0.4) is 0 Å². The molecule has 0 amide bonds. The van der Waals surface area contributed by atoms with Crippen molar-refractivity contribution in [1.82, 2.24) is 9.88 Å². The van der Waals surface area contributed by atoms with E-state index < -0.39 is 20.1 Å². The predicted octanol–water partition coefficient (Wildman–Crippen LogP) is 2.51. The number of rotatable bonds is 8. The number of benzene rings is 2. The first-order valence-corrected chi connectivity index (χ1v) is 14.1. The second-order valence-corrected chi connectivity index (χ2v) is 11.4. The van der Waals surface area contributed by atoms with Crippen molar-refractivity contribution < 1.29 is 30.5 Å². The van der Waals surface area contributed by atoms with E-state index in [0.717, 1.165) is 31.5 Å². The number of oxazole rings is 1. The van der Waals surface area contributed by atoms with Gasteiger partial charge in [-0.05, 0) is 62.1 Å². The predicted molar refractivity (Wildman–Crippen MR) is 129 cm³/mol. The van der Waals surface area contributed by atoms with Crippen LogP contribution in [0, 0.1) is 6.92 Å². The number of nitrogens with zero attached hydrogens (tertiary/aromatic N) is 2. The number of likely N-dealkylation sites (tertiary alicyclic amines) is 1. The van der Waals surface area contributed by atoms with E-state index >= 15 is 0 Å². The molecule has 190 valence electrons. The van der Waals surface area contributed by atoms with Crippen molar-refractivity contribution in [2.75, 3.05) is 25.0 Å². The van der Waals surface area contributed by atoms with E-state index in [1.54, 1.807) is 19.9 Å². The van der Waals surface area contributed by atoms with Crippen LogP contribution in [0.5, 0.6) is 5.75 Å². The van der Waals surface area contributed by atoms with Crippen LogP contribution in [-0.2, 0) is 26.7 Å². The van der Waals surface area contributed by atoms with E-state index in [2.05, 4.69) is 15.2 Å². The number of aromatic nitrogens is 1. The molecule has 0 spiro atoms. The van der Waals surface area contributed by atoms with E-state index in [-0.39, 0.29) is 28.2 Å². The topological polar surface area (TPSA) is 165 Å². The van der Waals surface area contributed by atoms with Gasteiger partial charge >= 0.3 is 0 Å². The van der Waals surface area contributed by atoms with Gasteiger partial charge in [0.1, 0.15) is 16.2 Å². The minimum atomic E-state index is -4.38. The maximum absolute atomic E-state index is 11.7. The van der Waals surface area contributed by atoms with Gasteiger partial charge in [0, 0.05) is 25.7 Å². The van der Waals surface area contributed by atoms with E-state index in [0.29, 0.717) is 29.2 Å². The quantitative estimate of drug-likeness (QED) is 0.373. The highest BCUT2D eigenvalue weighted by molar-refractivity contribution is 7.89. The molecule has 2 aromatic carbocycles. The van der Waals surface area contributed by atoms with Gasteiger partial charge in [-0.25, -0.2) is 13.6 Å². The molecule has 4 N–H and O–H groups in total. The Labute approximate surface area is 204 Å². The van der Waals surface area contributed by atoms with E-state index in [1.165, 1.54) is 24.3 Å². The van der Waals surface area contributed by atoms with Crippen LogP contribution in [0.2, 0.25) is 0 Å². The van der Waals surface area contributed by atoms with Crippen LogP contribution in [-0.4, -0.2) is 57.0 Å². The standard InChI is InChI=1S/C22H28N4O7S2/c1-3-32-21-14(2)15(4-7-20(21)35(29,30)31)13-26-10-8-16(9-11-26)24-22-25-18-12-17(34(23,27)28)5-6-19(18)33-22/h4-7,12,16H,3,8-11,13H2,1-2H3,(H,24,25)(H2,23,27,28)(H,29,30,31). The maximum Gasteiger partial charge on any atom is 0.298 e. The number of primary sulfonamides is 1. The van der Waals surface area contributed by atoms with Gasteiger partial charge in [-0.15, -0.1) is 0 Å². The lowest BCUT2D eigenvalue weighted by molar-refractivity contribution is 0.209. The average Bonchev–Trinajstić information content (AvgIpc) is 3.18. The summed E-state index contributed by atoms with van der Waals surface area (Å²) >= 11 is 0. The molecule has 1 aliphatic heterocycles. The van der Waals surface area contributed by atoms with Crippen molar-refractivity contribution in [2.24, 2.45) is 5.14 Å². The smallest absolute Gasteiger partial charge is 0.298 e. The molecule has 0 atom stereocenters. The number of hydrogen-bond donors (Lipinski definition) is 3.